The van der Waals surface area contributed by atoms with Crippen LogP contribution in [0.3, 0.4) is 0 Å². The molecule has 1 fully saturated rings. The standard InChI is InChI=1S/C14H21N5/c1-9-7-13-17-18-14(19(13)10(2)16-9)12-5-3-11(8-15)4-6-12/h7,11-12H,3-6,8,15H2,1-2H3. The summed E-state index contributed by atoms with van der Waals surface area (Å²) in [6.45, 7) is 4.83. The van der Waals surface area contributed by atoms with Crippen LogP contribution in [0.5, 0.6) is 0 Å². The van der Waals surface area contributed by atoms with Gasteiger partial charge in [-0.2, -0.15) is 0 Å². The van der Waals surface area contributed by atoms with E-state index in [0.29, 0.717) is 11.8 Å². The third-order valence-electron chi connectivity index (χ3n) is 4.26. The van der Waals surface area contributed by atoms with Gasteiger partial charge in [-0.1, -0.05) is 0 Å². The predicted octanol–water partition coefficient (Wildman–Crippen LogP) is 1.97. The Balaban J connectivity index is 1.94. The van der Waals surface area contributed by atoms with Gasteiger partial charge in [0.05, 0.1) is 0 Å². The van der Waals surface area contributed by atoms with Gasteiger partial charge in [-0.25, -0.2) is 4.98 Å². The Labute approximate surface area is 113 Å². The molecule has 5 heteroatoms. The van der Waals surface area contributed by atoms with Gasteiger partial charge in [-0.05, 0) is 52.0 Å². The van der Waals surface area contributed by atoms with E-state index >= 15 is 0 Å². The van der Waals surface area contributed by atoms with Crippen LogP contribution in [-0.4, -0.2) is 26.1 Å². The van der Waals surface area contributed by atoms with Crippen molar-refractivity contribution >= 4 is 5.65 Å². The number of fused-ring (bicyclic) bond motifs is 1. The second-order valence-electron chi connectivity index (χ2n) is 5.65. The summed E-state index contributed by atoms with van der Waals surface area (Å²) in [5.41, 5.74) is 7.67. The van der Waals surface area contributed by atoms with Crippen molar-refractivity contribution in [1.29, 1.82) is 0 Å². The molecular weight excluding hydrogens is 238 g/mol. The second-order valence-corrected chi connectivity index (χ2v) is 5.65. The first-order valence-corrected chi connectivity index (χ1v) is 7.08. The molecule has 0 radical (unpaired) electrons. The molecule has 0 amide bonds. The van der Waals surface area contributed by atoms with Crippen LogP contribution in [-0.2, 0) is 0 Å². The first kappa shape index (κ1) is 12.5. The molecular formula is C14H21N5. The highest BCUT2D eigenvalue weighted by Gasteiger charge is 2.25. The fourth-order valence-corrected chi connectivity index (χ4v) is 3.18. The first-order chi connectivity index (χ1) is 9.19. The van der Waals surface area contributed by atoms with Crippen LogP contribution >= 0.6 is 0 Å². The molecule has 1 aliphatic rings. The molecule has 19 heavy (non-hydrogen) atoms. The molecule has 0 aromatic carbocycles. The maximum absolute atomic E-state index is 5.76. The first-order valence-electron chi connectivity index (χ1n) is 7.08. The Morgan fingerprint density at radius 2 is 1.95 bits per heavy atom. The van der Waals surface area contributed by atoms with Crippen molar-refractivity contribution < 1.29 is 0 Å². The van der Waals surface area contributed by atoms with E-state index < -0.39 is 0 Å². The average molecular weight is 259 g/mol. The highest BCUT2D eigenvalue weighted by atomic mass is 15.3. The monoisotopic (exact) mass is 259 g/mol. The molecule has 0 atom stereocenters. The van der Waals surface area contributed by atoms with Gasteiger partial charge in [0, 0.05) is 17.7 Å². The van der Waals surface area contributed by atoms with Gasteiger partial charge < -0.3 is 5.73 Å². The van der Waals surface area contributed by atoms with Crippen LogP contribution < -0.4 is 5.73 Å². The zero-order valence-corrected chi connectivity index (χ0v) is 11.6. The summed E-state index contributed by atoms with van der Waals surface area (Å²) in [7, 11) is 0. The fraction of sp³-hybridized carbons (Fsp3) is 0.643. The van der Waals surface area contributed by atoms with Crippen LogP contribution in [0.4, 0.5) is 0 Å². The Morgan fingerprint density at radius 1 is 1.21 bits per heavy atom. The molecule has 0 saturated heterocycles. The maximum atomic E-state index is 5.76. The third kappa shape index (κ3) is 2.23. The Morgan fingerprint density at radius 3 is 2.63 bits per heavy atom. The zero-order chi connectivity index (χ0) is 13.4. The fourth-order valence-electron chi connectivity index (χ4n) is 3.18. The molecule has 102 valence electrons. The molecule has 5 nitrogen and oxygen atoms in total. The van der Waals surface area contributed by atoms with Crippen molar-refractivity contribution in [3.05, 3.63) is 23.4 Å². The lowest BCUT2D eigenvalue weighted by Gasteiger charge is -2.26. The van der Waals surface area contributed by atoms with E-state index in [1.54, 1.807) is 0 Å². The molecule has 2 aromatic heterocycles. The number of hydrogen-bond donors (Lipinski definition) is 1. The van der Waals surface area contributed by atoms with Crippen LogP contribution in [0.15, 0.2) is 6.07 Å². The Hall–Kier alpha value is -1.49. The molecule has 2 heterocycles. The van der Waals surface area contributed by atoms with Gasteiger partial charge in [0.2, 0.25) is 0 Å². The number of rotatable bonds is 2. The second kappa shape index (κ2) is 4.89. The van der Waals surface area contributed by atoms with Crippen molar-refractivity contribution in [1.82, 2.24) is 19.6 Å². The number of nitrogens with zero attached hydrogens (tertiary/aromatic N) is 4. The summed E-state index contributed by atoms with van der Waals surface area (Å²) < 4.78 is 2.11. The Bertz CT molecular complexity index is 581. The number of aryl methyl sites for hydroxylation is 2. The van der Waals surface area contributed by atoms with Gasteiger partial charge in [0.15, 0.2) is 5.65 Å². The van der Waals surface area contributed by atoms with Crippen LogP contribution in [0.1, 0.15) is 48.9 Å². The lowest BCUT2D eigenvalue weighted by molar-refractivity contribution is 0.324. The SMILES string of the molecule is Cc1cc2nnc(C3CCC(CN)CC3)n2c(C)n1. The van der Waals surface area contributed by atoms with E-state index in [2.05, 4.69) is 19.6 Å². The van der Waals surface area contributed by atoms with E-state index in [1.807, 2.05) is 19.9 Å². The van der Waals surface area contributed by atoms with Crippen molar-refractivity contribution in [2.24, 2.45) is 11.7 Å². The summed E-state index contributed by atoms with van der Waals surface area (Å²) in [5.74, 6) is 3.25. The molecule has 2 aromatic rings. The summed E-state index contributed by atoms with van der Waals surface area (Å²) in [6.07, 6.45) is 4.73. The highest BCUT2D eigenvalue weighted by molar-refractivity contribution is 5.40. The van der Waals surface area contributed by atoms with Crippen LogP contribution in [0.25, 0.3) is 5.65 Å². The van der Waals surface area contributed by atoms with Gasteiger partial charge in [-0.15, -0.1) is 10.2 Å². The summed E-state index contributed by atoms with van der Waals surface area (Å²) in [6, 6.07) is 2.00. The number of aromatic nitrogens is 4. The quantitative estimate of drug-likeness (QED) is 0.895. The smallest absolute Gasteiger partial charge is 0.164 e. The molecule has 2 N–H and O–H groups in total. The maximum Gasteiger partial charge on any atom is 0.164 e. The van der Waals surface area contributed by atoms with Gasteiger partial charge >= 0.3 is 0 Å². The molecule has 1 saturated carbocycles. The Kier molecular flexibility index (Phi) is 3.22. The minimum Gasteiger partial charge on any atom is -0.330 e. The lowest BCUT2D eigenvalue weighted by atomic mass is 9.81. The normalized spacial score (nSPS) is 23.9. The van der Waals surface area contributed by atoms with Crippen LogP contribution in [0.2, 0.25) is 0 Å². The minimum absolute atomic E-state index is 0.501. The zero-order valence-electron chi connectivity index (χ0n) is 11.6. The summed E-state index contributed by atoms with van der Waals surface area (Å²) in [4.78, 5) is 4.52. The summed E-state index contributed by atoms with van der Waals surface area (Å²) in [5, 5.41) is 8.72. The van der Waals surface area contributed by atoms with Crippen LogP contribution in [0, 0.1) is 19.8 Å². The highest BCUT2D eigenvalue weighted by Crippen LogP contribution is 2.34. The molecule has 0 aliphatic heterocycles. The topological polar surface area (TPSA) is 69.1 Å². The average Bonchev–Trinajstić information content (AvgIpc) is 2.83. The van der Waals surface area contributed by atoms with E-state index in [0.717, 1.165) is 42.4 Å². The minimum atomic E-state index is 0.501. The van der Waals surface area contributed by atoms with E-state index in [9.17, 15) is 0 Å². The van der Waals surface area contributed by atoms with Crippen molar-refractivity contribution in [3.8, 4) is 0 Å². The van der Waals surface area contributed by atoms with Gasteiger partial charge in [0.25, 0.3) is 0 Å². The predicted molar refractivity (Wildman–Crippen MR) is 74.0 cm³/mol. The third-order valence-corrected chi connectivity index (χ3v) is 4.26. The number of nitrogens with two attached hydrogens (primary N) is 1. The van der Waals surface area contributed by atoms with Crippen molar-refractivity contribution in [2.45, 2.75) is 45.4 Å². The summed E-state index contributed by atoms with van der Waals surface area (Å²) >= 11 is 0. The molecule has 0 unspecified atom stereocenters. The van der Waals surface area contributed by atoms with Crippen molar-refractivity contribution in [2.75, 3.05) is 6.54 Å². The largest absolute Gasteiger partial charge is 0.330 e. The molecule has 1 aliphatic carbocycles. The molecule has 0 bridgehead atoms. The van der Waals surface area contributed by atoms with E-state index in [1.165, 1.54) is 12.8 Å². The number of hydrogen-bond acceptors (Lipinski definition) is 4. The van der Waals surface area contributed by atoms with Crippen molar-refractivity contribution in [3.63, 3.8) is 0 Å². The van der Waals surface area contributed by atoms with Gasteiger partial charge in [-0.3, -0.25) is 4.40 Å². The van der Waals surface area contributed by atoms with E-state index in [-0.39, 0.29) is 0 Å². The molecule has 3 rings (SSSR count). The molecule has 0 spiro atoms. The van der Waals surface area contributed by atoms with Gasteiger partial charge in [0.1, 0.15) is 11.6 Å². The lowest BCUT2D eigenvalue weighted by Crippen LogP contribution is -2.21. The van der Waals surface area contributed by atoms with E-state index in [4.69, 9.17) is 5.73 Å².